The number of pyridine rings is 1. The zero-order valence-corrected chi connectivity index (χ0v) is 13.5. The molecule has 0 aliphatic carbocycles. The van der Waals surface area contributed by atoms with Crippen molar-refractivity contribution in [1.29, 1.82) is 0 Å². The van der Waals surface area contributed by atoms with Crippen molar-refractivity contribution in [3.8, 4) is 0 Å². The number of ether oxygens (including phenoxy) is 1. The standard InChI is InChI=1S/C19H17N3O2/c1-11-14-9-21-8-7-12(14)15(10-24-19(23)20-2)18-17(11)13-5-3-4-6-16(13)22-18/h3-9,22H,10H2,1-2H3,(H,20,23). The van der Waals surface area contributed by atoms with Crippen LogP contribution in [0.15, 0.2) is 42.7 Å². The minimum absolute atomic E-state index is 0.198. The van der Waals surface area contributed by atoms with Gasteiger partial charge in [-0.25, -0.2) is 4.79 Å². The molecular formula is C19H17N3O2. The van der Waals surface area contributed by atoms with Crippen LogP contribution in [0.2, 0.25) is 0 Å². The molecule has 0 unspecified atom stereocenters. The molecule has 0 aliphatic rings. The summed E-state index contributed by atoms with van der Waals surface area (Å²) in [6.07, 6.45) is 3.19. The fourth-order valence-electron chi connectivity index (χ4n) is 3.34. The van der Waals surface area contributed by atoms with Gasteiger partial charge in [0.25, 0.3) is 0 Å². The van der Waals surface area contributed by atoms with Gasteiger partial charge >= 0.3 is 6.09 Å². The maximum atomic E-state index is 11.5. The Kier molecular flexibility index (Phi) is 3.34. The van der Waals surface area contributed by atoms with E-state index in [1.165, 1.54) is 5.56 Å². The maximum absolute atomic E-state index is 11.5. The van der Waals surface area contributed by atoms with Crippen molar-refractivity contribution >= 4 is 38.7 Å². The summed E-state index contributed by atoms with van der Waals surface area (Å²) in [4.78, 5) is 19.3. The van der Waals surface area contributed by atoms with Gasteiger partial charge in [-0.3, -0.25) is 4.98 Å². The number of fused-ring (bicyclic) bond motifs is 4. The first-order valence-corrected chi connectivity index (χ1v) is 7.80. The molecule has 2 aromatic heterocycles. The van der Waals surface area contributed by atoms with E-state index in [1.54, 1.807) is 13.2 Å². The lowest BCUT2D eigenvalue weighted by Crippen LogP contribution is -2.19. The van der Waals surface area contributed by atoms with Crippen LogP contribution >= 0.6 is 0 Å². The Morgan fingerprint density at radius 3 is 2.88 bits per heavy atom. The number of nitrogens with zero attached hydrogens (tertiary/aromatic N) is 1. The third kappa shape index (κ3) is 2.09. The number of aromatic nitrogens is 2. The van der Waals surface area contributed by atoms with Crippen molar-refractivity contribution in [2.24, 2.45) is 0 Å². The summed E-state index contributed by atoms with van der Waals surface area (Å²) >= 11 is 0. The highest BCUT2D eigenvalue weighted by molar-refractivity contribution is 6.16. The smallest absolute Gasteiger partial charge is 0.407 e. The number of hydrogen-bond donors (Lipinski definition) is 2. The van der Waals surface area contributed by atoms with Crippen LogP contribution in [0.25, 0.3) is 32.6 Å². The molecule has 0 radical (unpaired) electrons. The maximum Gasteiger partial charge on any atom is 0.407 e. The summed E-state index contributed by atoms with van der Waals surface area (Å²) in [5, 5.41) is 6.92. The number of carbonyl (C=O) groups excluding carboxylic acids is 1. The summed E-state index contributed by atoms with van der Waals surface area (Å²) in [5.41, 5.74) is 4.22. The monoisotopic (exact) mass is 319 g/mol. The number of alkyl carbamates (subject to hydrolysis) is 1. The van der Waals surface area contributed by atoms with E-state index >= 15 is 0 Å². The number of aromatic amines is 1. The number of aryl methyl sites for hydroxylation is 1. The molecular weight excluding hydrogens is 302 g/mol. The van der Waals surface area contributed by atoms with Gasteiger partial charge in [0.05, 0.1) is 5.52 Å². The Hall–Kier alpha value is -3.08. The van der Waals surface area contributed by atoms with Crippen molar-refractivity contribution in [3.05, 3.63) is 53.9 Å². The molecule has 24 heavy (non-hydrogen) atoms. The second-order valence-electron chi connectivity index (χ2n) is 5.77. The molecule has 0 aliphatic heterocycles. The Morgan fingerprint density at radius 1 is 1.21 bits per heavy atom. The molecule has 4 aromatic rings. The number of hydrogen-bond acceptors (Lipinski definition) is 3. The number of carbonyl (C=O) groups is 1. The second kappa shape index (κ2) is 5.53. The van der Waals surface area contributed by atoms with E-state index in [-0.39, 0.29) is 6.61 Å². The summed E-state index contributed by atoms with van der Waals surface area (Å²) < 4.78 is 5.34. The van der Waals surface area contributed by atoms with Crippen LogP contribution in [-0.2, 0) is 11.3 Å². The molecule has 5 nitrogen and oxygen atoms in total. The van der Waals surface area contributed by atoms with Gasteiger partial charge in [-0.15, -0.1) is 0 Å². The van der Waals surface area contributed by atoms with E-state index < -0.39 is 6.09 Å². The van der Waals surface area contributed by atoms with Gasteiger partial charge in [0.1, 0.15) is 6.61 Å². The van der Waals surface area contributed by atoms with Crippen LogP contribution in [-0.4, -0.2) is 23.1 Å². The quantitative estimate of drug-likeness (QED) is 0.586. The van der Waals surface area contributed by atoms with Crippen molar-refractivity contribution in [1.82, 2.24) is 15.3 Å². The Labute approximate surface area is 138 Å². The first kappa shape index (κ1) is 14.5. The molecule has 0 saturated heterocycles. The van der Waals surface area contributed by atoms with Crippen LogP contribution < -0.4 is 5.32 Å². The van der Waals surface area contributed by atoms with E-state index in [9.17, 15) is 4.79 Å². The van der Waals surface area contributed by atoms with Gasteiger partial charge in [0.15, 0.2) is 0 Å². The lowest BCUT2D eigenvalue weighted by atomic mass is 9.96. The molecule has 2 heterocycles. The second-order valence-corrected chi connectivity index (χ2v) is 5.77. The van der Waals surface area contributed by atoms with Crippen molar-refractivity contribution in [2.75, 3.05) is 7.05 Å². The van der Waals surface area contributed by atoms with E-state index in [2.05, 4.69) is 34.3 Å². The number of benzene rings is 2. The third-order valence-corrected chi connectivity index (χ3v) is 4.48. The number of rotatable bonds is 2. The molecule has 4 rings (SSSR count). The van der Waals surface area contributed by atoms with Crippen LogP contribution in [0.3, 0.4) is 0 Å². The van der Waals surface area contributed by atoms with E-state index in [4.69, 9.17) is 4.74 Å². The molecule has 0 fully saturated rings. The van der Waals surface area contributed by atoms with Gasteiger partial charge < -0.3 is 15.0 Å². The number of amides is 1. The first-order valence-electron chi connectivity index (χ1n) is 7.80. The third-order valence-electron chi connectivity index (χ3n) is 4.48. The Bertz CT molecular complexity index is 1080. The van der Waals surface area contributed by atoms with E-state index in [0.717, 1.165) is 38.1 Å². The van der Waals surface area contributed by atoms with Crippen molar-refractivity contribution in [3.63, 3.8) is 0 Å². The predicted molar refractivity (Wildman–Crippen MR) is 95.1 cm³/mol. The number of nitrogens with one attached hydrogen (secondary N) is 2. The fourth-order valence-corrected chi connectivity index (χ4v) is 3.34. The van der Waals surface area contributed by atoms with Gasteiger partial charge in [0.2, 0.25) is 0 Å². The van der Waals surface area contributed by atoms with Crippen LogP contribution in [0.4, 0.5) is 4.79 Å². The molecule has 2 aromatic carbocycles. The summed E-state index contributed by atoms with van der Waals surface area (Å²) in [6, 6.07) is 10.2. The average Bonchev–Trinajstić information content (AvgIpc) is 3.01. The number of H-pyrrole nitrogens is 1. The summed E-state index contributed by atoms with van der Waals surface area (Å²) in [7, 11) is 1.55. The molecule has 0 saturated carbocycles. The number of para-hydroxylation sites is 1. The topological polar surface area (TPSA) is 67.0 Å². The van der Waals surface area contributed by atoms with Crippen LogP contribution in [0.1, 0.15) is 11.1 Å². The molecule has 0 atom stereocenters. The van der Waals surface area contributed by atoms with Crippen molar-refractivity contribution < 1.29 is 9.53 Å². The largest absolute Gasteiger partial charge is 0.445 e. The SMILES string of the molecule is CNC(=O)OCc1c2ccncc2c(C)c2c1[nH]c1ccccc12. The highest BCUT2D eigenvalue weighted by atomic mass is 16.5. The molecule has 0 spiro atoms. The van der Waals surface area contributed by atoms with E-state index in [1.807, 2.05) is 24.4 Å². The Balaban J connectivity index is 2.09. The minimum atomic E-state index is -0.443. The van der Waals surface area contributed by atoms with Crippen LogP contribution in [0, 0.1) is 6.92 Å². The van der Waals surface area contributed by atoms with Gasteiger partial charge in [-0.1, -0.05) is 18.2 Å². The molecule has 120 valence electrons. The van der Waals surface area contributed by atoms with E-state index in [0.29, 0.717) is 0 Å². The molecule has 1 amide bonds. The highest BCUT2D eigenvalue weighted by Crippen LogP contribution is 2.36. The lowest BCUT2D eigenvalue weighted by Gasteiger charge is -2.12. The van der Waals surface area contributed by atoms with Gasteiger partial charge in [-0.2, -0.15) is 0 Å². The molecule has 0 bridgehead atoms. The normalized spacial score (nSPS) is 11.2. The summed E-state index contributed by atoms with van der Waals surface area (Å²) in [5.74, 6) is 0. The minimum Gasteiger partial charge on any atom is -0.445 e. The van der Waals surface area contributed by atoms with Gasteiger partial charge in [0, 0.05) is 46.7 Å². The van der Waals surface area contributed by atoms with Crippen molar-refractivity contribution in [2.45, 2.75) is 13.5 Å². The zero-order chi connectivity index (χ0) is 16.7. The lowest BCUT2D eigenvalue weighted by molar-refractivity contribution is 0.143. The first-order chi connectivity index (χ1) is 11.7. The van der Waals surface area contributed by atoms with Crippen LogP contribution in [0.5, 0.6) is 0 Å². The Morgan fingerprint density at radius 2 is 2.04 bits per heavy atom. The average molecular weight is 319 g/mol. The van der Waals surface area contributed by atoms with Gasteiger partial charge in [-0.05, 0) is 30.0 Å². The zero-order valence-electron chi connectivity index (χ0n) is 13.5. The molecule has 5 heteroatoms. The summed E-state index contributed by atoms with van der Waals surface area (Å²) in [6.45, 7) is 2.31. The predicted octanol–water partition coefficient (Wildman–Crippen LogP) is 4.03. The highest BCUT2D eigenvalue weighted by Gasteiger charge is 2.17. The fraction of sp³-hybridized carbons (Fsp3) is 0.158. The molecule has 2 N–H and O–H groups in total.